The van der Waals surface area contributed by atoms with Crippen LogP contribution in [-0.4, -0.2) is 36.2 Å². The summed E-state index contributed by atoms with van der Waals surface area (Å²) in [5.74, 6) is -0.682. The first-order valence-corrected chi connectivity index (χ1v) is 7.35. The Kier molecular flexibility index (Phi) is 5.45. The molecule has 0 aromatic heterocycles. The van der Waals surface area contributed by atoms with Gasteiger partial charge in [0.25, 0.3) is 0 Å². The number of rotatable bonds is 5. The number of hydrazone groups is 1. The fraction of sp³-hybridized carbons (Fsp3) is 0.357. The molecule has 1 atom stereocenters. The fourth-order valence-electron chi connectivity index (χ4n) is 2.23. The second-order valence-corrected chi connectivity index (χ2v) is 5.19. The van der Waals surface area contributed by atoms with Crippen molar-refractivity contribution in [2.45, 2.75) is 20.0 Å². The number of carbonyl (C=O) groups excluding carboxylic acids is 1. The Labute approximate surface area is 141 Å². The molecule has 0 unspecified atom stereocenters. The smallest absolute Gasteiger partial charge is 0.425 e. The highest BCUT2D eigenvalue weighted by atomic mass is 35.5. The van der Waals surface area contributed by atoms with Crippen molar-refractivity contribution in [1.82, 2.24) is 10.7 Å². The van der Waals surface area contributed by atoms with Crippen molar-refractivity contribution in [1.29, 1.82) is 0 Å². The first kappa shape index (κ1) is 17.8. The van der Waals surface area contributed by atoms with Gasteiger partial charge in [-0.15, -0.1) is 0 Å². The van der Waals surface area contributed by atoms with Crippen molar-refractivity contribution in [3.8, 4) is 5.75 Å². The van der Waals surface area contributed by atoms with Crippen LogP contribution in [0.15, 0.2) is 11.2 Å². The maximum atomic E-state index is 14.5. The van der Waals surface area contributed by atoms with E-state index in [4.69, 9.17) is 26.2 Å². The minimum atomic E-state index is -1.35. The van der Waals surface area contributed by atoms with E-state index in [1.165, 1.54) is 13.0 Å². The molecule has 1 aliphatic rings. The Morgan fingerprint density at radius 1 is 1.67 bits per heavy atom. The van der Waals surface area contributed by atoms with Crippen molar-refractivity contribution in [2.75, 3.05) is 13.2 Å². The summed E-state index contributed by atoms with van der Waals surface area (Å²) in [4.78, 5) is 21.8. The molecule has 1 fully saturated rings. The van der Waals surface area contributed by atoms with Crippen LogP contribution < -0.4 is 15.5 Å². The van der Waals surface area contributed by atoms with E-state index in [0.29, 0.717) is 0 Å². The molecular formula is C14H15ClFN3O5. The van der Waals surface area contributed by atoms with Gasteiger partial charge in [-0.3, -0.25) is 0 Å². The van der Waals surface area contributed by atoms with Crippen LogP contribution in [0, 0.1) is 5.82 Å². The second-order valence-electron chi connectivity index (χ2n) is 4.78. The van der Waals surface area contributed by atoms with Gasteiger partial charge in [-0.25, -0.2) is 19.4 Å². The van der Waals surface area contributed by atoms with E-state index in [1.54, 1.807) is 6.92 Å². The number of carboxylic acid groups (broad SMARTS) is 1. The van der Waals surface area contributed by atoms with E-state index < -0.39 is 24.1 Å². The number of alkyl carbamates (subject to hydrolysis) is 1. The normalized spacial score (nSPS) is 17.2. The number of halogens is 2. The van der Waals surface area contributed by atoms with Gasteiger partial charge in [0, 0.05) is 5.56 Å². The molecule has 130 valence electrons. The lowest BCUT2D eigenvalue weighted by Crippen LogP contribution is -2.18. The van der Waals surface area contributed by atoms with Crippen LogP contribution in [-0.2, 0) is 4.74 Å². The van der Waals surface area contributed by atoms with Crippen LogP contribution in [0.5, 0.6) is 5.75 Å². The van der Waals surface area contributed by atoms with E-state index in [0.717, 1.165) is 0 Å². The summed E-state index contributed by atoms with van der Waals surface area (Å²) in [5, 5.41) is 14.5. The van der Waals surface area contributed by atoms with Crippen molar-refractivity contribution in [2.24, 2.45) is 5.10 Å². The highest BCUT2D eigenvalue weighted by Gasteiger charge is 2.33. The molecular weight excluding hydrogens is 345 g/mol. The predicted molar refractivity (Wildman–Crippen MR) is 83.2 cm³/mol. The Hall–Kier alpha value is -2.55. The number of carbonyl (C=O) groups is 2. The van der Waals surface area contributed by atoms with Crippen LogP contribution >= 0.6 is 11.6 Å². The molecule has 8 nitrogen and oxygen atoms in total. The first-order valence-electron chi connectivity index (χ1n) is 6.97. The molecule has 0 radical (unpaired) electrons. The van der Waals surface area contributed by atoms with Gasteiger partial charge < -0.3 is 19.9 Å². The minimum Gasteiger partial charge on any atom is -0.493 e. The van der Waals surface area contributed by atoms with Crippen molar-refractivity contribution in [3.63, 3.8) is 0 Å². The molecule has 1 heterocycles. The molecule has 1 saturated heterocycles. The first-order chi connectivity index (χ1) is 11.3. The lowest BCUT2D eigenvalue weighted by atomic mass is 10.0. The third-order valence-corrected chi connectivity index (χ3v) is 3.48. The highest BCUT2D eigenvalue weighted by molar-refractivity contribution is 6.31. The molecule has 0 saturated carbocycles. The Morgan fingerprint density at radius 2 is 2.38 bits per heavy atom. The van der Waals surface area contributed by atoms with Gasteiger partial charge in [0.05, 0.1) is 29.4 Å². The highest BCUT2D eigenvalue weighted by Crippen LogP contribution is 2.38. The van der Waals surface area contributed by atoms with Gasteiger partial charge in [-0.1, -0.05) is 11.6 Å². The standard InChI is InChI=1S/C14H15ClFN3O5/c1-3-23-12-7(6(2)18-19-13(20)21)4-8(15)11(16)10(12)9-5-17-14(22)24-9/h4,9,19H,3,5H2,1-2H3,(H,17,22)(H,20,21)/b18-6+/t9-/m0/s1. The average Bonchev–Trinajstić information content (AvgIpc) is 2.94. The number of amides is 2. The monoisotopic (exact) mass is 359 g/mol. The Bertz CT molecular complexity index is 710. The summed E-state index contributed by atoms with van der Waals surface area (Å²) >= 11 is 5.93. The van der Waals surface area contributed by atoms with Crippen LogP contribution in [0.25, 0.3) is 0 Å². The molecule has 3 N–H and O–H groups in total. The quantitative estimate of drug-likeness (QED) is 0.553. The average molecular weight is 360 g/mol. The predicted octanol–water partition coefficient (Wildman–Crippen LogP) is 2.65. The van der Waals surface area contributed by atoms with Gasteiger partial charge in [0.2, 0.25) is 0 Å². The van der Waals surface area contributed by atoms with Crippen LogP contribution in [0.3, 0.4) is 0 Å². The summed E-state index contributed by atoms with van der Waals surface area (Å²) in [6.07, 6.45) is -2.95. The summed E-state index contributed by atoms with van der Waals surface area (Å²) in [6.45, 7) is 3.46. The molecule has 0 aliphatic carbocycles. The molecule has 24 heavy (non-hydrogen) atoms. The number of hydrogen-bond acceptors (Lipinski definition) is 5. The lowest BCUT2D eigenvalue weighted by Gasteiger charge is -2.19. The van der Waals surface area contributed by atoms with Crippen LogP contribution in [0.1, 0.15) is 31.1 Å². The molecule has 1 aromatic carbocycles. The number of hydrogen-bond donors (Lipinski definition) is 3. The van der Waals surface area contributed by atoms with Crippen LogP contribution in [0.4, 0.5) is 14.0 Å². The lowest BCUT2D eigenvalue weighted by molar-refractivity contribution is 0.137. The molecule has 2 amide bonds. The minimum absolute atomic E-state index is 0.0254. The van der Waals surface area contributed by atoms with Crippen molar-refractivity contribution < 1.29 is 28.6 Å². The van der Waals surface area contributed by atoms with E-state index in [1.807, 2.05) is 5.43 Å². The number of nitrogens with zero attached hydrogens (tertiary/aromatic N) is 1. The zero-order valence-electron chi connectivity index (χ0n) is 12.9. The zero-order chi connectivity index (χ0) is 17.9. The van der Waals surface area contributed by atoms with E-state index in [-0.39, 0.29) is 40.8 Å². The van der Waals surface area contributed by atoms with Gasteiger partial charge in [0.1, 0.15) is 5.75 Å². The maximum Gasteiger partial charge on any atom is 0.425 e. The number of benzene rings is 1. The van der Waals surface area contributed by atoms with Gasteiger partial charge >= 0.3 is 12.2 Å². The van der Waals surface area contributed by atoms with Crippen LogP contribution in [0.2, 0.25) is 5.02 Å². The van der Waals surface area contributed by atoms with Crippen molar-refractivity contribution >= 4 is 29.5 Å². The van der Waals surface area contributed by atoms with Gasteiger partial charge in [-0.05, 0) is 19.9 Å². The number of cyclic esters (lactones) is 1. The molecule has 1 aromatic rings. The SMILES string of the molecule is CCOc1c(/C(C)=N/NC(=O)O)cc(Cl)c(F)c1[C@@H]1CNC(=O)O1. The number of ether oxygens (including phenoxy) is 2. The third kappa shape index (κ3) is 3.67. The summed E-state index contributed by atoms with van der Waals surface area (Å²) in [5.41, 5.74) is 2.33. The van der Waals surface area contributed by atoms with Crippen molar-refractivity contribution in [3.05, 3.63) is 28.0 Å². The summed E-state index contributed by atoms with van der Waals surface area (Å²) in [7, 11) is 0. The largest absolute Gasteiger partial charge is 0.493 e. The Balaban J connectivity index is 2.58. The van der Waals surface area contributed by atoms with E-state index in [2.05, 4.69) is 10.4 Å². The van der Waals surface area contributed by atoms with Gasteiger partial charge in [-0.2, -0.15) is 5.10 Å². The molecule has 10 heteroatoms. The fourth-order valence-corrected chi connectivity index (χ4v) is 2.44. The third-order valence-electron chi connectivity index (χ3n) is 3.21. The molecule has 1 aliphatic heterocycles. The molecule has 0 spiro atoms. The van der Waals surface area contributed by atoms with Gasteiger partial charge in [0.15, 0.2) is 11.9 Å². The topological polar surface area (TPSA) is 109 Å². The van der Waals surface area contributed by atoms with E-state index >= 15 is 0 Å². The zero-order valence-corrected chi connectivity index (χ0v) is 13.6. The van der Waals surface area contributed by atoms with E-state index in [9.17, 15) is 14.0 Å². The summed E-state index contributed by atoms with van der Waals surface area (Å²) < 4.78 is 25.1. The summed E-state index contributed by atoms with van der Waals surface area (Å²) in [6, 6.07) is 1.28. The Morgan fingerprint density at radius 3 is 2.92 bits per heavy atom. The molecule has 2 rings (SSSR count). The second kappa shape index (κ2) is 7.35. The molecule has 0 bridgehead atoms. The maximum absolute atomic E-state index is 14.5. The number of nitrogens with one attached hydrogen (secondary N) is 2.